The van der Waals surface area contributed by atoms with Crippen LogP contribution < -0.4 is 15.0 Å². The van der Waals surface area contributed by atoms with Gasteiger partial charge in [-0.25, -0.2) is 0 Å². The molecule has 1 saturated heterocycles. The number of alkyl halides is 3. The van der Waals surface area contributed by atoms with Crippen molar-refractivity contribution < 1.29 is 22.7 Å². The fourth-order valence-corrected chi connectivity index (χ4v) is 2.73. The van der Waals surface area contributed by atoms with Crippen LogP contribution in [-0.4, -0.2) is 36.3 Å². The Hall–Kier alpha value is -2.84. The van der Waals surface area contributed by atoms with Crippen LogP contribution in [-0.2, 0) is 6.18 Å². The van der Waals surface area contributed by atoms with Crippen LogP contribution >= 0.6 is 0 Å². The fraction of sp³-hybridized carbons (Fsp3) is 0.353. The van der Waals surface area contributed by atoms with Gasteiger partial charge in [-0.3, -0.25) is 4.79 Å². The molecule has 0 aliphatic carbocycles. The summed E-state index contributed by atoms with van der Waals surface area (Å²) in [7, 11) is 1.31. The molecule has 9 heteroatoms. The molecule has 0 spiro atoms. The number of aromatic nitrogens is 2. The number of methoxy groups -OCH3 is 1. The lowest BCUT2D eigenvalue weighted by Gasteiger charge is -2.15. The van der Waals surface area contributed by atoms with Gasteiger partial charge in [0.05, 0.1) is 18.4 Å². The first-order valence-corrected chi connectivity index (χ1v) is 8.04. The molecule has 0 radical (unpaired) electrons. The van der Waals surface area contributed by atoms with E-state index < -0.39 is 17.6 Å². The maximum Gasteiger partial charge on any atom is 0.416 e. The largest absolute Gasteiger partial charge is 0.495 e. The van der Waals surface area contributed by atoms with Crippen molar-refractivity contribution in [1.29, 1.82) is 0 Å². The summed E-state index contributed by atoms with van der Waals surface area (Å²) in [5.41, 5.74) is -0.964. The van der Waals surface area contributed by atoms with Gasteiger partial charge in [0.2, 0.25) is 0 Å². The van der Waals surface area contributed by atoms with E-state index in [1.54, 1.807) is 6.07 Å². The molecular weight excluding hydrogens is 349 g/mol. The first kappa shape index (κ1) is 18.0. The Bertz CT molecular complexity index is 788. The summed E-state index contributed by atoms with van der Waals surface area (Å²) in [4.78, 5) is 14.4. The Labute approximate surface area is 148 Å². The molecule has 6 nitrogen and oxygen atoms in total. The van der Waals surface area contributed by atoms with E-state index in [0.29, 0.717) is 5.82 Å². The summed E-state index contributed by atoms with van der Waals surface area (Å²) in [5.74, 6) is 0.131. The minimum absolute atomic E-state index is 0.00686. The first-order valence-electron chi connectivity index (χ1n) is 8.04. The van der Waals surface area contributed by atoms with Crippen molar-refractivity contribution >= 4 is 17.4 Å². The van der Waals surface area contributed by atoms with E-state index in [4.69, 9.17) is 4.74 Å². The van der Waals surface area contributed by atoms with Crippen LogP contribution in [0.4, 0.5) is 24.7 Å². The standard InChI is InChI=1S/C17H17F3N4O2/c1-26-14-6-4-11(17(18,19)20)10-13(14)21-16(25)12-5-7-15(23-22-12)24-8-2-3-9-24/h4-7,10H,2-3,8-9H2,1H3,(H,21,25). The van der Waals surface area contributed by atoms with E-state index in [-0.39, 0.29) is 17.1 Å². The van der Waals surface area contributed by atoms with Crippen LogP contribution in [0.1, 0.15) is 28.9 Å². The number of hydrogen-bond acceptors (Lipinski definition) is 5. The van der Waals surface area contributed by atoms with Gasteiger partial charge in [0.1, 0.15) is 5.75 Å². The quantitative estimate of drug-likeness (QED) is 0.899. The van der Waals surface area contributed by atoms with Gasteiger partial charge in [-0.15, -0.1) is 10.2 Å². The van der Waals surface area contributed by atoms with Gasteiger partial charge in [-0.2, -0.15) is 13.2 Å². The zero-order valence-corrected chi connectivity index (χ0v) is 14.0. The Kier molecular flexibility index (Phi) is 4.97. The third-order valence-corrected chi connectivity index (χ3v) is 4.09. The van der Waals surface area contributed by atoms with Gasteiger partial charge in [0.15, 0.2) is 11.5 Å². The van der Waals surface area contributed by atoms with Gasteiger partial charge >= 0.3 is 6.18 Å². The number of benzene rings is 1. The van der Waals surface area contributed by atoms with E-state index in [1.165, 1.54) is 13.2 Å². The average Bonchev–Trinajstić information content (AvgIpc) is 3.15. The highest BCUT2D eigenvalue weighted by Crippen LogP contribution is 2.35. The highest BCUT2D eigenvalue weighted by Gasteiger charge is 2.31. The van der Waals surface area contributed by atoms with Gasteiger partial charge < -0.3 is 15.0 Å². The van der Waals surface area contributed by atoms with Crippen molar-refractivity contribution in [3.8, 4) is 5.75 Å². The maximum atomic E-state index is 12.9. The molecule has 1 aliphatic rings. The number of rotatable bonds is 4. The molecule has 1 aromatic carbocycles. The summed E-state index contributed by atoms with van der Waals surface area (Å²) in [6.45, 7) is 1.78. The number of hydrogen-bond donors (Lipinski definition) is 1. The number of nitrogens with one attached hydrogen (secondary N) is 1. The SMILES string of the molecule is COc1ccc(C(F)(F)F)cc1NC(=O)c1ccc(N2CCCC2)nn1. The van der Waals surface area contributed by atoms with Gasteiger partial charge in [0.25, 0.3) is 5.91 Å². The molecule has 2 aromatic rings. The number of carbonyl (C=O) groups excluding carboxylic acids is 1. The summed E-state index contributed by atoms with van der Waals surface area (Å²) >= 11 is 0. The van der Waals surface area contributed by atoms with Crippen LogP contribution in [0.15, 0.2) is 30.3 Å². The second kappa shape index (κ2) is 7.19. The van der Waals surface area contributed by atoms with Crippen LogP contribution in [0.2, 0.25) is 0 Å². The molecule has 1 amide bonds. The van der Waals surface area contributed by atoms with Crippen LogP contribution in [0, 0.1) is 0 Å². The molecule has 26 heavy (non-hydrogen) atoms. The van der Waals surface area contributed by atoms with Crippen molar-refractivity contribution in [3.05, 3.63) is 41.6 Å². The number of halogens is 3. The number of ether oxygens (including phenoxy) is 1. The van der Waals surface area contributed by atoms with Crippen molar-refractivity contribution in [1.82, 2.24) is 10.2 Å². The number of carbonyl (C=O) groups is 1. The maximum absolute atomic E-state index is 12.9. The highest BCUT2D eigenvalue weighted by atomic mass is 19.4. The smallest absolute Gasteiger partial charge is 0.416 e. The monoisotopic (exact) mass is 366 g/mol. The lowest BCUT2D eigenvalue weighted by molar-refractivity contribution is -0.137. The Morgan fingerprint density at radius 3 is 2.46 bits per heavy atom. The van der Waals surface area contributed by atoms with Gasteiger partial charge in [-0.1, -0.05) is 0 Å². The minimum Gasteiger partial charge on any atom is -0.495 e. The van der Waals surface area contributed by atoms with Gasteiger partial charge in [-0.05, 0) is 43.2 Å². The normalized spacial score (nSPS) is 14.4. The second-order valence-electron chi connectivity index (χ2n) is 5.84. The Morgan fingerprint density at radius 2 is 1.88 bits per heavy atom. The lowest BCUT2D eigenvalue weighted by atomic mass is 10.1. The molecule has 138 valence electrons. The predicted octanol–water partition coefficient (Wildman–Crippen LogP) is 3.36. The molecule has 0 unspecified atom stereocenters. The number of amides is 1. The van der Waals surface area contributed by atoms with Crippen LogP contribution in [0.25, 0.3) is 0 Å². The minimum atomic E-state index is -4.52. The average molecular weight is 366 g/mol. The third kappa shape index (κ3) is 3.87. The van der Waals surface area contributed by atoms with E-state index in [2.05, 4.69) is 20.4 Å². The molecule has 1 aliphatic heterocycles. The van der Waals surface area contributed by atoms with Crippen molar-refractivity contribution in [2.24, 2.45) is 0 Å². The molecule has 2 heterocycles. The molecule has 0 atom stereocenters. The van der Waals surface area contributed by atoms with E-state index >= 15 is 0 Å². The summed E-state index contributed by atoms with van der Waals surface area (Å²) in [5, 5.41) is 10.3. The zero-order chi connectivity index (χ0) is 18.7. The molecule has 1 fully saturated rings. The Balaban J connectivity index is 1.78. The second-order valence-corrected chi connectivity index (χ2v) is 5.84. The fourth-order valence-electron chi connectivity index (χ4n) is 2.73. The number of nitrogens with zero attached hydrogens (tertiary/aromatic N) is 3. The van der Waals surface area contributed by atoms with Crippen molar-refractivity contribution in [3.63, 3.8) is 0 Å². The molecule has 3 rings (SSSR count). The van der Waals surface area contributed by atoms with E-state index in [9.17, 15) is 18.0 Å². The molecular formula is C17H17F3N4O2. The molecule has 0 bridgehead atoms. The van der Waals surface area contributed by atoms with E-state index in [0.717, 1.165) is 44.1 Å². The topological polar surface area (TPSA) is 67.3 Å². The summed E-state index contributed by atoms with van der Waals surface area (Å²) in [6, 6.07) is 6.04. The van der Waals surface area contributed by atoms with Gasteiger partial charge in [0, 0.05) is 13.1 Å². The molecule has 0 saturated carbocycles. The lowest BCUT2D eigenvalue weighted by Crippen LogP contribution is -2.21. The summed E-state index contributed by atoms with van der Waals surface area (Å²) < 4.78 is 43.6. The number of anilines is 2. The molecule has 1 aromatic heterocycles. The zero-order valence-electron chi connectivity index (χ0n) is 14.0. The summed E-state index contributed by atoms with van der Waals surface area (Å²) in [6.07, 6.45) is -2.36. The van der Waals surface area contributed by atoms with E-state index in [1.807, 2.05) is 0 Å². The first-order chi connectivity index (χ1) is 12.4. The third-order valence-electron chi connectivity index (χ3n) is 4.09. The van der Waals surface area contributed by atoms with Crippen molar-refractivity contribution in [2.45, 2.75) is 19.0 Å². The van der Waals surface area contributed by atoms with Crippen LogP contribution in [0.3, 0.4) is 0 Å². The molecule has 1 N–H and O–H groups in total. The van der Waals surface area contributed by atoms with Crippen LogP contribution in [0.5, 0.6) is 5.75 Å². The highest BCUT2D eigenvalue weighted by molar-refractivity contribution is 6.03. The predicted molar refractivity (Wildman–Crippen MR) is 89.4 cm³/mol. The van der Waals surface area contributed by atoms with Crippen molar-refractivity contribution in [2.75, 3.05) is 30.4 Å². The Morgan fingerprint density at radius 1 is 1.15 bits per heavy atom.